The van der Waals surface area contributed by atoms with Gasteiger partial charge in [0.1, 0.15) is 8.63 Å². The molecule has 0 unspecified atom stereocenters. The van der Waals surface area contributed by atoms with Gasteiger partial charge in [-0.15, -0.1) is 11.3 Å². The lowest BCUT2D eigenvalue weighted by atomic mass is 10.2. The largest absolute Gasteiger partial charge is 0.505 e. The van der Waals surface area contributed by atoms with E-state index in [0.29, 0.717) is 5.75 Å². The average Bonchev–Trinajstić information content (AvgIpc) is 2.28. The van der Waals surface area contributed by atoms with Crippen LogP contribution < -0.4 is 0 Å². The maximum atomic E-state index is 9.59. The molecule has 0 bridgehead atoms. The summed E-state index contributed by atoms with van der Waals surface area (Å²) in [6, 6.07) is 6.05. The quantitative estimate of drug-likeness (QED) is 0.665. The lowest BCUT2D eigenvalue weighted by Gasteiger charge is -1.90. The fourth-order valence-corrected chi connectivity index (χ4v) is 3.59. The number of rotatable bonds is 0. The van der Waals surface area contributed by atoms with E-state index in [9.17, 15) is 5.11 Å². The first-order valence-corrected chi connectivity index (χ1v) is 6.22. The molecule has 1 heterocycles. The number of thiophene rings is 1. The Labute approximate surface area is 101 Å². The molecule has 0 amide bonds. The second kappa shape index (κ2) is 3.30. The van der Waals surface area contributed by atoms with E-state index in [1.807, 2.05) is 12.1 Å². The van der Waals surface area contributed by atoms with Crippen LogP contribution in [0.5, 0.6) is 5.75 Å². The van der Waals surface area contributed by atoms with Crippen LogP contribution in [0.4, 0.5) is 0 Å². The van der Waals surface area contributed by atoms with E-state index in [1.165, 1.54) is 3.57 Å². The Morgan fingerprint density at radius 1 is 1.25 bits per heavy atom. The molecule has 0 fully saturated rings. The molecule has 0 atom stereocenters. The Morgan fingerprint density at radius 3 is 2.75 bits per heavy atom. The Bertz CT molecular complexity index is 436. The van der Waals surface area contributed by atoms with Gasteiger partial charge in [-0.25, -0.2) is 0 Å². The van der Waals surface area contributed by atoms with Crippen molar-refractivity contribution >= 4 is 66.6 Å². The summed E-state index contributed by atoms with van der Waals surface area (Å²) in [5, 5.41) is 10.6. The molecule has 0 aliphatic heterocycles. The van der Waals surface area contributed by atoms with Gasteiger partial charge in [0.05, 0.1) is 0 Å². The first-order chi connectivity index (χ1) is 5.68. The van der Waals surface area contributed by atoms with Crippen molar-refractivity contribution in [3.63, 3.8) is 0 Å². The lowest BCUT2D eigenvalue weighted by Crippen LogP contribution is -1.67. The van der Waals surface area contributed by atoms with E-state index >= 15 is 0 Å². The summed E-state index contributed by atoms with van der Waals surface area (Å²) in [4.78, 5) is 0. The number of hydrogen-bond donors (Lipinski definition) is 1. The Kier molecular flexibility index (Phi) is 2.48. The van der Waals surface area contributed by atoms with Gasteiger partial charge in [-0.1, -0.05) is 0 Å². The second-order valence-corrected chi connectivity index (χ2v) is 6.47. The summed E-state index contributed by atoms with van der Waals surface area (Å²) >= 11 is 6.05. The summed E-state index contributed by atoms with van der Waals surface area (Å²) < 4.78 is 3.33. The van der Waals surface area contributed by atoms with Crippen molar-refractivity contribution in [2.75, 3.05) is 0 Å². The van der Waals surface area contributed by atoms with E-state index in [1.54, 1.807) is 11.3 Å². The second-order valence-electron chi connectivity index (χ2n) is 2.36. The third kappa shape index (κ3) is 1.44. The zero-order valence-corrected chi connectivity index (χ0v) is 11.0. The summed E-state index contributed by atoms with van der Waals surface area (Å²) in [6.07, 6.45) is 0. The highest BCUT2D eigenvalue weighted by Gasteiger charge is 2.07. The maximum absolute atomic E-state index is 9.59. The molecule has 0 aliphatic rings. The van der Waals surface area contributed by atoms with Crippen LogP contribution in [0.15, 0.2) is 18.2 Å². The Balaban J connectivity index is 2.87. The average molecular weight is 402 g/mol. The summed E-state index contributed by atoms with van der Waals surface area (Å²) in [6.45, 7) is 0. The van der Waals surface area contributed by atoms with E-state index in [4.69, 9.17) is 0 Å². The van der Waals surface area contributed by atoms with Crippen molar-refractivity contribution in [2.45, 2.75) is 0 Å². The lowest BCUT2D eigenvalue weighted by molar-refractivity contribution is 0.480. The molecule has 1 aromatic carbocycles. The predicted molar refractivity (Wildman–Crippen MR) is 68.9 cm³/mol. The van der Waals surface area contributed by atoms with Gasteiger partial charge in [-0.3, -0.25) is 0 Å². The van der Waals surface area contributed by atoms with Crippen molar-refractivity contribution in [1.82, 2.24) is 0 Å². The van der Waals surface area contributed by atoms with Gasteiger partial charge in [0.2, 0.25) is 0 Å². The fraction of sp³-hybridized carbons (Fsp3) is 0. The Morgan fingerprint density at radius 2 is 2.00 bits per heavy atom. The number of aromatic hydroxyl groups is 1. The van der Waals surface area contributed by atoms with Crippen molar-refractivity contribution in [2.24, 2.45) is 0 Å². The van der Waals surface area contributed by atoms with Crippen molar-refractivity contribution < 1.29 is 5.11 Å². The van der Waals surface area contributed by atoms with E-state index < -0.39 is 0 Å². The molecule has 2 rings (SSSR count). The van der Waals surface area contributed by atoms with Gasteiger partial charge in [0.25, 0.3) is 0 Å². The Hall–Kier alpha value is 0.440. The molecule has 62 valence electrons. The van der Waals surface area contributed by atoms with Crippen LogP contribution in [0.3, 0.4) is 0 Å². The smallest absolute Gasteiger partial charge is 0.147 e. The minimum absolute atomic E-state index is 0.423. The standard InChI is InChI=1S/C8H4I2OS/c9-4-1-2-5-6(3-4)12-8(10)7(5)11/h1-3,11H. The number of hydrogen-bond acceptors (Lipinski definition) is 2. The maximum Gasteiger partial charge on any atom is 0.147 e. The van der Waals surface area contributed by atoms with Crippen LogP contribution in [-0.2, 0) is 0 Å². The van der Waals surface area contributed by atoms with Crippen molar-refractivity contribution in [3.8, 4) is 5.75 Å². The molecule has 1 nitrogen and oxygen atoms in total. The molecule has 1 N–H and O–H groups in total. The van der Waals surface area contributed by atoms with Crippen LogP contribution in [0.1, 0.15) is 0 Å². The van der Waals surface area contributed by atoms with Crippen LogP contribution in [0.25, 0.3) is 10.1 Å². The van der Waals surface area contributed by atoms with Crippen LogP contribution >= 0.6 is 56.5 Å². The molecule has 0 saturated heterocycles. The summed E-state index contributed by atoms with van der Waals surface area (Å²) in [5.41, 5.74) is 0. The van der Waals surface area contributed by atoms with Crippen LogP contribution in [-0.4, -0.2) is 5.11 Å². The molecular formula is C8H4I2OS. The van der Waals surface area contributed by atoms with E-state index in [2.05, 4.69) is 51.2 Å². The third-order valence-electron chi connectivity index (χ3n) is 1.58. The SMILES string of the molecule is Oc1c(I)sc2cc(I)ccc12. The topological polar surface area (TPSA) is 20.2 Å². The van der Waals surface area contributed by atoms with E-state index in [-0.39, 0.29) is 0 Å². The highest BCUT2D eigenvalue weighted by molar-refractivity contribution is 14.1. The third-order valence-corrected chi connectivity index (χ3v) is 4.36. The molecule has 0 radical (unpaired) electrons. The van der Waals surface area contributed by atoms with Gasteiger partial charge in [-0.05, 0) is 63.4 Å². The summed E-state index contributed by atoms with van der Waals surface area (Å²) in [7, 11) is 0. The van der Waals surface area contributed by atoms with Gasteiger partial charge < -0.3 is 5.11 Å². The molecule has 1 aromatic heterocycles. The molecular weight excluding hydrogens is 398 g/mol. The molecule has 0 saturated carbocycles. The van der Waals surface area contributed by atoms with Crippen LogP contribution in [0, 0.1) is 6.45 Å². The first-order valence-electron chi connectivity index (χ1n) is 3.25. The monoisotopic (exact) mass is 402 g/mol. The van der Waals surface area contributed by atoms with E-state index in [0.717, 1.165) is 13.0 Å². The molecule has 0 spiro atoms. The molecule has 0 aliphatic carbocycles. The highest BCUT2D eigenvalue weighted by atomic mass is 127. The molecule has 2 aromatic rings. The molecule has 4 heteroatoms. The minimum atomic E-state index is 0.423. The summed E-state index contributed by atoms with van der Waals surface area (Å²) in [5.74, 6) is 0.423. The normalized spacial score (nSPS) is 10.8. The number of fused-ring (bicyclic) bond motifs is 1. The van der Waals surface area contributed by atoms with Crippen molar-refractivity contribution in [1.29, 1.82) is 0 Å². The number of benzene rings is 1. The predicted octanol–water partition coefficient (Wildman–Crippen LogP) is 3.82. The zero-order valence-electron chi connectivity index (χ0n) is 5.84. The van der Waals surface area contributed by atoms with Gasteiger partial charge in [0, 0.05) is 13.7 Å². The number of halogens is 2. The molecule has 12 heavy (non-hydrogen) atoms. The van der Waals surface area contributed by atoms with Crippen molar-refractivity contribution in [3.05, 3.63) is 24.7 Å². The van der Waals surface area contributed by atoms with Crippen LogP contribution in [0.2, 0.25) is 0 Å². The first kappa shape index (κ1) is 9.01. The van der Waals surface area contributed by atoms with Gasteiger partial charge >= 0.3 is 0 Å². The van der Waals surface area contributed by atoms with Gasteiger partial charge in [-0.2, -0.15) is 0 Å². The minimum Gasteiger partial charge on any atom is -0.505 e. The van der Waals surface area contributed by atoms with Gasteiger partial charge in [0.15, 0.2) is 0 Å². The fourth-order valence-electron chi connectivity index (χ4n) is 1.03. The highest BCUT2D eigenvalue weighted by Crippen LogP contribution is 2.37. The zero-order chi connectivity index (χ0) is 8.72.